The Kier molecular flexibility index (Phi) is 9.67. The van der Waals surface area contributed by atoms with Crippen molar-refractivity contribution in [2.45, 2.75) is 37.9 Å². The van der Waals surface area contributed by atoms with Crippen molar-refractivity contribution in [2.24, 2.45) is 0 Å². The number of aliphatic hydroxyl groups is 1. The van der Waals surface area contributed by atoms with E-state index in [1.807, 2.05) is 6.92 Å². The molecule has 86 valence electrons. The molecule has 0 aliphatic carbocycles. The number of unbranched alkanes of at least 4 members (excludes halogenated alkanes) is 2. The third-order valence-corrected chi connectivity index (χ3v) is 3.67. The van der Waals surface area contributed by atoms with Crippen LogP contribution < -0.4 is 5.32 Å². The van der Waals surface area contributed by atoms with Gasteiger partial charge in [0.15, 0.2) is 0 Å². The molecule has 0 saturated heterocycles. The van der Waals surface area contributed by atoms with Crippen molar-refractivity contribution in [3.05, 3.63) is 0 Å². The van der Waals surface area contributed by atoms with Crippen molar-refractivity contribution in [1.29, 1.82) is 0 Å². The predicted molar refractivity (Wildman–Crippen MR) is 62.0 cm³/mol. The van der Waals surface area contributed by atoms with Crippen LogP contribution in [0.5, 0.6) is 0 Å². The van der Waals surface area contributed by atoms with E-state index in [0.29, 0.717) is 11.9 Å². The molecule has 0 aliphatic rings. The summed E-state index contributed by atoms with van der Waals surface area (Å²) < 4.78 is 11.0. The molecule has 0 spiro atoms. The molecule has 2 unspecified atom stereocenters. The lowest BCUT2D eigenvalue weighted by atomic mass is 10.2. The molecule has 0 aromatic heterocycles. The predicted octanol–water partition coefficient (Wildman–Crippen LogP) is 0.896. The van der Waals surface area contributed by atoms with Crippen LogP contribution in [0.1, 0.15) is 32.6 Å². The maximum Gasteiger partial charge on any atom is 0.0431 e. The number of hydrogen-bond donors (Lipinski definition) is 2. The minimum Gasteiger partial charge on any atom is -0.396 e. The zero-order valence-electron chi connectivity index (χ0n) is 9.29. The minimum absolute atomic E-state index is 0.292. The summed E-state index contributed by atoms with van der Waals surface area (Å²) in [6.07, 6.45) is 5.83. The molecule has 0 rings (SSSR count). The molecular weight excluding hydrogens is 198 g/mol. The Labute approximate surface area is 89.7 Å². The summed E-state index contributed by atoms with van der Waals surface area (Å²) in [5.41, 5.74) is 0. The van der Waals surface area contributed by atoms with Gasteiger partial charge in [-0.05, 0) is 38.8 Å². The van der Waals surface area contributed by atoms with Crippen LogP contribution in [0.3, 0.4) is 0 Å². The van der Waals surface area contributed by atoms with Gasteiger partial charge in [-0.1, -0.05) is 6.92 Å². The molecule has 0 saturated carbocycles. The Morgan fingerprint density at radius 2 is 2.00 bits per heavy atom. The van der Waals surface area contributed by atoms with Crippen molar-refractivity contribution >= 4 is 10.8 Å². The lowest BCUT2D eigenvalue weighted by Crippen LogP contribution is -2.22. The van der Waals surface area contributed by atoms with Crippen LogP contribution in [-0.2, 0) is 10.8 Å². The number of aliphatic hydroxyl groups excluding tert-OH is 1. The molecule has 0 fully saturated rings. The standard InChI is InChI=1S/C10H23NO2S/c1-10(14(2)13)6-8-11-7-4-3-5-9-12/h10-12H,3-9H2,1-2H3. The molecule has 14 heavy (non-hydrogen) atoms. The van der Waals surface area contributed by atoms with Crippen LogP contribution in [-0.4, -0.2) is 40.5 Å². The van der Waals surface area contributed by atoms with Gasteiger partial charge < -0.3 is 10.4 Å². The van der Waals surface area contributed by atoms with Gasteiger partial charge in [0.25, 0.3) is 0 Å². The highest BCUT2D eigenvalue weighted by molar-refractivity contribution is 7.84. The van der Waals surface area contributed by atoms with Crippen molar-refractivity contribution in [3.63, 3.8) is 0 Å². The van der Waals surface area contributed by atoms with E-state index >= 15 is 0 Å². The van der Waals surface area contributed by atoms with E-state index in [1.54, 1.807) is 6.26 Å². The molecule has 0 aliphatic heterocycles. The topological polar surface area (TPSA) is 49.3 Å². The van der Waals surface area contributed by atoms with Gasteiger partial charge in [0.05, 0.1) is 0 Å². The van der Waals surface area contributed by atoms with E-state index in [0.717, 1.165) is 38.8 Å². The minimum atomic E-state index is -0.694. The molecule has 0 bridgehead atoms. The maximum absolute atomic E-state index is 11.0. The molecular formula is C10H23NO2S. The van der Waals surface area contributed by atoms with E-state index in [9.17, 15) is 4.21 Å². The Morgan fingerprint density at radius 1 is 1.29 bits per heavy atom. The second-order valence-corrected chi connectivity index (χ2v) is 5.43. The van der Waals surface area contributed by atoms with Crippen LogP contribution in [0.15, 0.2) is 0 Å². The van der Waals surface area contributed by atoms with Gasteiger partial charge in [-0.25, -0.2) is 0 Å². The smallest absolute Gasteiger partial charge is 0.0431 e. The Morgan fingerprint density at radius 3 is 2.57 bits per heavy atom. The Bertz CT molecular complexity index is 153. The first-order valence-electron chi connectivity index (χ1n) is 5.32. The van der Waals surface area contributed by atoms with Crippen LogP contribution in [0.25, 0.3) is 0 Å². The first kappa shape index (κ1) is 14.1. The van der Waals surface area contributed by atoms with E-state index in [1.165, 1.54) is 0 Å². The molecule has 0 aromatic carbocycles. The summed E-state index contributed by atoms with van der Waals surface area (Å²) in [7, 11) is -0.694. The van der Waals surface area contributed by atoms with Gasteiger partial charge in [0.1, 0.15) is 0 Å². The van der Waals surface area contributed by atoms with Crippen molar-refractivity contribution in [2.75, 3.05) is 26.0 Å². The number of hydrogen-bond acceptors (Lipinski definition) is 3. The average Bonchev–Trinajstić information content (AvgIpc) is 2.16. The molecule has 2 N–H and O–H groups in total. The zero-order valence-corrected chi connectivity index (χ0v) is 10.1. The second kappa shape index (κ2) is 9.62. The summed E-state index contributed by atoms with van der Waals surface area (Å²) in [4.78, 5) is 0. The molecule has 0 heterocycles. The molecule has 0 radical (unpaired) electrons. The van der Waals surface area contributed by atoms with E-state index in [-0.39, 0.29) is 0 Å². The highest BCUT2D eigenvalue weighted by Crippen LogP contribution is 1.97. The van der Waals surface area contributed by atoms with Crippen LogP contribution in [0.2, 0.25) is 0 Å². The van der Waals surface area contributed by atoms with Crippen LogP contribution >= 0.6 is 0 Å². The summed E-state index contributed by atoms with van der Waals surface area (Å²) in [6, 6.07) is 0. The van der Waals surface area contributed by atoms with E-state index in [4.69, 9.17) is 5.11 Å². The highest BCUT2D eigenvalue weighted by Gasteiger charge is 2.04. The SMILES string of the molecule is CC(CCNCCCCCO)S(C)=O. The zero-order chi connectivity index (χ0) is 10.8. The van der Waals surface area contributed by atoms with Crippen LogP contribution in [0.4, 0.5) is 0 Å². The summed E-state index contributed by atoms with van der Waals surface area (Å²) in [6.45, 7) is 4.26. The normalized spacial score (nSPS) is 15.4. The molecule has 3 nitrogen and oxygen atoms in total. The Balaban J connectivity index is 3.09. The quantitative estimate of drug-likeness (QED) is 0.569. The number of rotatable bonds is 9. The molecule has 0 amide bonds. The summed E-state index contributed by atoms with van der Waals surface area (Å²) >= 11 is 0. The number of nitrogens with one attached hydrogen (secondary N) is 1. The second-order valence-electron chi connectivity index (χ2n) is 3.63. The van der Waals surface area contributed by atoms with Crippen molar-refractivity contribution < 1.29 is 9.32 Å². The summed E-state index contributed by atoms with van der Waals surface area (Å²) in [5.74, 6) is 0. The Hall–Kier alpha value is 0.0700. The van der Waals surface area contributed by atoms with Gasteiger partial charge in [-0.2, -0.15) is 0 Å². The molecule has 2 atom stereocenters. The fraction of sp³-hybridized carbons (Fsp3) is 1.00. The van der Waals surface area contributed by atoms with Gasteiger partial charge in [-0.3, -0.25) is 4.21 Å². The lowest BCUT2D eigenvalue weighted by Gasteiger charge is -2.08. The fourth-order valence-electron chi connectivity index (χ4n) is 1.13. The van der Waals surface area contributed by atoms with Gasteiger partial charge in [0, 0.05) is 28.9 Å². The van der Waals surface area contributed by atoms with Gasteiger partial charge in [-0.15, -0.1) is 0 Å². The van der Waals surface area contributed by atoms with Crippen molar-refractivity contribution in [3.8, 4) is 0 Å². The summed E-state index contributed by atoms with van der Waals surface area (Å²) in [5, 5.41) is 12.2. The third-order valence-electron chi connectivity index (χ3n) is 2.31. The average molecular weight is 221 g/mol. The van der Waals surface area contributed by atoms with E-state index in [2.05, 4.69) is 5.32 Å². The maximum atomic E-state index is 11.0. The first-order chi connectivity index (χ1) is 6.68. The van der Waals surface area contributed by atoms with Gasteiger partial charge in [0.2, 0.25) is 0 Å². The molecule has 0 aromatic rings. The molecule has 4 heteroatoms. The highest BCUT2D eigenvalue weighted by atomic mass is 32.2. The van der Waals surface area contributed by atoms with Crippen molar-refractivity contribution in [1.82, 2.24) is 5.32 Å². The third kappa shape index (κ3) is 8.66. The first-order valence-corrected chi connectivity index (χ1v) is 6.94. The lowest BCUT2D eigenvalue weighted by molar-refractivity contribution is 0.283. The van der Waals surface area contributed by atoms with Gasteiger partial charge >= 0.3 is 0 Å². The fourth-order valence-corrected chi connectivity index (χ4v) is 1.58. The largest absolute Gasteiger partial charge is 0.396 e. The van der Waals surface area contributed by atoms with E-state index < -0.39 is 10.8 Å². The van der Waals surface area contributed by atoms with Crippen LogP contribution in [0, 0.1) is 0 Å². The monoisotopic (exact) mass is 221 g/mol.